The van der Waals surface area contributed by atoms with E-state index < -0.39 is 0 Å². The summed E-state index contributed by atoms with van der Waals surface area (Å²) in [5.41, 5.74) is 1.56. The number of benzene rings is 1. The topological polar surface area (TPSA) is 66.4 Å². The van der Waals surface area contributed by atoms with Crippen LogP contribution in [0.2, 0.25) is 0 Å². The van der Waals surface area contributed by atoms with E-state index in [1.165, 1.54) is 12.8 Å². The van der Waals surface area contributed by atoms with Crippen LogP contribution in [0.3, 0.4) is 0 Å². The molecule has 0 radical (unpaired) electrons. The lowest BCUT2D eigenvalue weighted by Crippen LogP contribution is -2.40. The first kappa shape index (κ1) is 17.9. The van der Waals surface area contributed by atoms with Gasteiger partial charge < -0.3 is 4.90 Å². The van der Waals surface area contributed by atoms with Gasteiger partial charge in [-0.05, 0) is 43.7 Å². The zero-order chi connectivity index (χ0) is 19.0. The molecule has 1 aliphatic heterocycles. The SMILES string of the molecule is CC1CCC(N2CC(C(=O)N(C)c3cnc4ccccc4n3)CC2=O)CC1. The van der Waals surface area contributed by atoms with Crippen molar-refractivity contribution in [1.29, 1.82) is 0 Å². The van der Waals surface area contributed by atoms with Crippen LogP contribution in [-0.2, 0) is 9.59 Å². The van der Waals surface area contributed by atoms with E-state index in [1.54, 1.807) is 18.1 Å². The fourth-order valence-electron chi connectivity index (χ4n) is 4.30. The molecule has 1 unspecified atom stereocenters. The van der Waals surface area contributed by atoms with Gasteiger partial charge in [0.2, 0.25) is 11.8 Å². The minimum absolute atomic E-state index is 0.0559. The molecule has 142 valence electrons. The zero-order valence-corrected chi connectivity index (χ0v) is 16.0. The highest BCUT2D eigenvalue weighted by Gasteiger charge is 2.40. The van der Waals surface area contributed by atoms with Gasteiger partial charge in [-0.1, -0.05) is 19.1 Å². The van der Waals surface area contributed by atoms with E-state index in [2.05, 4.69) is 16.9 Å². The lowest BCUT2D eigenvalue weighted by atomic mass is 9.87. The number of rotatable bonds is 3. The average molecular weight is 366 g/mol. The lowest BCUT2D eigenvalue weighted by molar-refractivity contribution is -0.130. The largest absolute Gasteiger partial charge is 0.339 e. The summed E-state index contributed by atoms with van der Waals surface area (Å²) in [6.07, 6.45) is 6.37. The van der Waals surface area contributed by atoms with Crippen molar-refractivity contribution >= 4 is 28.7 Å². The Labute approximate surface area is 159 Å². The number of hydrogen-bond donors (Lipinski definition) is 0. The van der Waals surface area contributed by atoms with Crippen LogP contribution in [-0.4, -0.2) is 46.3 Å². The van der Waals surface area contributed by atoms with Crippen LogP contribution in [0.25, 0.3) is 11.0 Å². The average Bonchev–Trinajstić information content (AvgIpc) is 3.08. The number of likely N-dealkylation sites (tertiary alicyclic amines) is 1. The normalized spacial score (nSPS) is 25.8. The molecule has 2 heterocycles. The molecular weight excluding hydrogens is 340 g/mol. The Morgan fingerprint density at radius 1 is 1.15 bits per heavy atom. The molecule has 0 spiro atoms. The van der Waals surface area contributed by atoms with E-state index in [9.17, 15) is 9.59 Å². The molecule has 6 nitrogen and oxygen atoms in total. The van der Waals surface area contributed by atoms with Crippen LogP contribution < -0.4 is 4.90 Å². The molecule has 6 heteroatoms. The van der Waals surface area contributed by atoms with Crippen LogP contribution in [0.5, 0.6) is 0 Å². The van der Waals surface area contributed by atoms with Crippen LogP contribution in [0, 0.1) is 11.8 Å². The molecular formula is C21H26N4O2. The highest BCUT2D eigenvalue weighted by atomic mass is 16.2. The number of hydrogen-bond acceptors (Lipinski definition) is 4. The number of aromatic nitrogens is 2. The fraction of sp³-hybridized carbons (Fsp3) is 0.524. The van der Waals surface area contributed by atoms with Crippen molar-refractivity contribution < 1.29 is 9.59 Å². The molecule has 1 saturated carbocycles. The molecule has 1 aromatic heterocycles. The van der Waals surface area contributed by atoms with Gasteiger partial charge in [-0.3, -0.25) is 19.5 Å². The van der Waals surface area contributed by atoms with Gasteiger partial charge in [0.25, 0.3) is 0 Å². The fourth-order valence-corrected chi connectivity index (χ4v) is 4.30. The summed E-state index contributed by atoms with van der Waals surface area (Å²) in [5, 5.41) is 0. The third-order valence-corrected chi connectivity index (χ3v) is 6.04. The first-order valence-electron chi connectivity index (χ1n) is 9.81. The van der Waals surface area contributed by atoms with Gasteiger partial charge >= 0.3 is 0 Å². The minimum atomic E-state index is -0.296. The van der Waals surface area contributed by atoms with Crippen molar-refractivity contribution in [2.75, 3.05) is 18.5 Å². The Kier molecular flexibility index (Phi) is 4.81. The third-order valence-electron chi connectivity index (χ3n) is 6.04. The molecule has 0 bridgehead atoms. The van der Waals surface area contributed by atoms with Gasteiger partial charge in [0.1, 0.15) is 0 Å². The van der Waals surface area contributed by atoms with E-state index in [1.807, 2.05) is 29.2 Å². The van der Waals surface area contributed by atoms with E-state index >= 15 is 0 Å². The van der Waals surface area contributed by atoms with E-state index in [4.69, 9.17) is 0 Å². The van der Waals surface area contributed by atoms with Crippen molar-refractivity contribution in [2.24, 2.45) is 11.8 Å². The summed E-state index contributed by atoms with van der Waals surface area (Å²) < 4.78 is 0. The second-order valence-corrected chi connectivity index (χ2v) is 7.98. The number of fused-ring (bicyclic) bond motifs is 1. The van der Waals surface area contributed by atoms with Gasteiger partial charge in [-0.2, -0.15) is 0 Å². The number of nitrogens with zero attached hydrogens (tertiary/aromatic N) is 4. The van der Waals surface area contributed by atoms with Gasteiger partial charge in [0.05, 0.1) is 23.1 Å². The van der Waals surface area contributed by atoms with Crippen molar-refractivity contribution in [2.45, 2.75) is 45.1 Å². The summed E-state index contributed by atoms with van der Waals surface area (Å²) in [6, 6.07) is 7.90. The Balaban J connectivity index is 1.46. The predicted molar refractivity (Wildman–Crippen MR) is 104 cm³/mol. The number of carbonyl (C=O) groups is 2. The van der Waals surface area contributed by atoms with Crippen molar-refractivity contribution in [3.63, 3.8) is 0 Å². The van der Waals surface area contributed by atoms with E-state index in [0.717, 1.165) is 29.8 Å². The maximum atomic E-state index is 13.0. The number of amides is 2. The molecule has 1 aromatic carbocycles. The van der Waals surface area contributed by atoms with Crippen LogP contribution in [0.15, 0.2) is 30.5 Å². The first-order chi connectivity index (χ1) is 13.0. The standard InChI is InChI=1S/C21H26N4O2/c1-14-7-9-16(10-8-14)25-13-15(11-20(25)26)21(27)24(2)19-12-22-17-5-3-4-6-18(17)23-19/h3-6,12,14-16H,7-11,13H2,1-2H3. The quantitative estimate of drug-likeness (QED) is 0.837. The first-order valence-corrected chi connectivity index (χ1v) is 9.81. The van der Waals surface area contributed by atoms with Crippen LogP contribution in [0.4, 0.5) is 5.82 Å². The van der Waals surface area contributed by atoms with Crippen molar-refractivity contribution in [1.82, 2.24) is 14.9 Å². The highest BCUT2D eigenvalue weighted by molar-refractivity contribution is 5.98. The second-order valence-electron chi connectivity index (χ2n) is 7.98. The lowest BCUT2D eigenvalue weighted by Gasteiger charge is -2.33. The summed E-state index contributed by atoms with van der Waals surface area (Å²) in [5.74, 6) is 1.03. The minimum Gasteiger partial charge on any atom is -0.339 e. The van der Waals surface area contributed by atoms with Gasteiger partial charge in [0, 0.05) is 26.1 Å². The summed E-state index contributed by atoms with van der Waals surface area (Å²) in [4.78, 5) is 38.0. The summed E-state index contributed by atoms with van der Waals surface area (Å²) in [7, 11) is 1.72. The highest BCUT2D eigenvalue weighted by Crippen LogP contribution is 2.32. The molecule has 2 aliphatic rings. The van der Waals surface area contributed by atoms with Crippen LogP contribution in [0.1, 0.15) is 39.0 Å². The van der Waals surface area contributed by atoms with E-state index in [0.29, 0.717) is 24.8 Å². The number of anilines is 1. The van der Waals surface area contributed by atoms with Crippen molar-refractivity contribution in [3.8, 4) is 0 Å². The predicted octanol–water partition coefficient (Wildman–Crippen LogP) is 3.02. The van der Waals surface area contributed by atoms with Gasteiger partial charge in [0.15, 0.2) is 5.82 Å². The Hall–Kier alpha value is -2.50. The molecule has 1 aliphatic carbocycles. The van der Waals surface area contributed by atoms with Crippen LogP contribution >= 0.6 is 0 Å². The van der Waals surface area contributed by atoms with Gasteiger partial charge in [-0.25, -0.2) is 4.98 Å². The maximum absolute atomic E-state index is 13.0. The van der Waals surface area contributed by atoms with E-state index in [-0.39, 0.29) is 17.7 Å². The maximum Gasteiger partial charge on any atom is 0.233 e. The monoisotopic (exact) mass is 366 g/mol. The molecule has 4 rings (SSSR count). The summed E-state index contributed by atoms with van der Waals surface area (Å²) >= 11 is 0. The molecule has 2 fully saturated rings. The summed E-state index contributed by atoms with van der Waals surface area (Å²) in [6.45, 7) is 2.80. The second kappa shape index (κ2) is 7.25. The third kappa shape index (κ3) is 3.53. The number of carbonyl (C=O) groups excluding carboxylic acids is 2. The Bertz CT molecular complexity index is 860. The molecule has 0 N–H and O–H groups in total. The van der Waals surface area contributed by atoms with Crippen molar-refractivity contribution in [3.05, 3.63) is 30.5 Å². The molecule has 2 amide bonds. The zero-order valence-electron chi connectivity index (χ0n) is 16.0. The smallest absolute Gasteiger partial charge is 0.233 e. The molecule has 27 heavy (non-hydrogen) atoms. The molecule has 1 atom stereocenters. The Morgan fingerprint density at radius 3 is 2.59 bits per heavy atom. The van der Waals surface area contributed by atoms with Gasteiger partial charge in [-0.15, -0.1) is 0 Å². The number of para-hydroxylation sites is 2. The molecule has 2 aromatic rings. The Morgan fingerprint density at radius 2 is 1.85 bits per heavy atom. The molecule has 1 saturated heterocycles.